The van der Waals surface area contributed by atoms with Crippen molar-refractivity contribution in [2.75, 3.05) is 18.4 Å². The van der Waals surface area contributed by atoms with Gasteiger partial charge in [0.25, 0.3) is 0 Å². The number of rotatable bonds is 6. The van der Waals surface area contributed by atoms with Crippen molar-refractivity contribution in [1.29, 1.82) is 0 Å². The number of nitrogens with one attached hydrogen (secondary N) is 2. The van der Waals surface area contributed by atoms with Gasteiger partial charge in [0.15, 0.2) is 0 Å². The molecule has 2 N–H and O–H groups in total. The van der Waals surface area contributed by atoms with Gasteiger partial charge in [-0.1, -0.05) is 6.92 Å². The summed E-state index contributed by atoms with van der Waals surface area (Å²) in [5.41, 5.74) is 0.404. The van der Waals surface area contributed by atoms with Crippen molar-refractivity contribution in [1.82, 2.24) is 5.32 Å². The van der Waals surface area contributed by atoms with E-state index in [0.29, 0.717) is 29.7 Å². The first-order chi connectivity index (χ1) is 11.0. The van der Waals surface area contributed by atoms with Crippen LogP contribution in [0, 0.1) is 17.7 Å². The smallest absolute Gasteiger partial charge is 0.224 e. The van der Waals surface area contributed by atoms with Crippen molar-refractivity contribution in [3.05, 3.63) is 24.0 Å². The molecule has 1 fully saturated rings. The van der Waals surface area contributed by atoms with Crippen LogP contribution in [-0.4, -0.2) is 25.1 Å². The van der Waals surface area contributed by atoms with Gasteiger partial charge in [0.05, 0.1) is 11.8 Å². The Balaban J connectivity index is 1.97. The highest BCUT2D eigenvalue weighted by molar-refractivity contribution is 5.92. The van der Waals surface area contributed by atoms with Crippen LogP contribution in [0.1, 0.15) is 40.0 Å². The van der Waals surface area contributed by atoms with Crippen molar-refractivity contribution in [2.45, 2.75) is 46.1 Å². The van der Waals surface area contributed by atoms with Crippen molar-refractivity contribution in [3.63, 3.8) is 0 Å². The standard InChI is InChI=1S/C18H27FN2O2/c1-12(2)23-17-5-4-15(19)11-16(17)21-18(22)10-13(3)14-6-8-20-9-7-14/h4-5,11-14,20H,6-10H2,1-3H3,(H,21,22). The van der Waals surface area contributed by atoms with Gasteiger partial charge in [-0.15, -0.1) is 0 Å². The van der Waals surface area contributed by atoms with Gasteiger partial charge < -0.3 is 15.4 Å². The number of anilines is 1. The molecule has 1 aliphatic rings. The van der Waals surface area contributed by atoms with Crippen LogP contribution in [0.25, 0.3) is 0 Å². The van der Waals surface area contributed by atoms with Crippen molar-refractivity contribution >= 4 is 11.6 Å². The zero-order valence-corrected chi connectivity index (χ0v) is 14.2. The third-order valence-electron chi connectivity index (χ3n) is 4.27. The van der Waals surface area contributed by atoms with Crippen molar-refractivity contribution in [2.24, 2.45) is 11.8 Å². The monoisotopic (exact) mass is 322 g/mol. The van der Waals surface area contributed by atoms with Crippen LogP contribution in [0.15, 0.2) is 18.2 Å². The Bertz CT molecular complexity index is 528. The Hall–Kier alpha value is -1.62. The van der Waals surface area contributed by atoms with Crippen LogP contribution in [0.2, 0.25) is 0 Å². The predicted molar refractivity (Wildman–Crippen MR) is 90.2 cm³/mol. The second-order valence-corrected chi connectivity index (χ2v) is 6.62. The molecule has 5 heteroatoms. The zero-order chi connectivity index (χ0) is 16.8. The predicted octanol–water partition coefficient (Wildman–Crippen LogP) is 3.58. The zero-order valence-electron chi connectivity index (χ0n) is 14.2. The second kappa shape index (κ2) is 8.29. The number of carbonyl (C=O) groups excluding carboxylic acids is 1. The van der Waals surface area contributed by atoms with E-state index in [-0.39, 0.29) is 17.8 Å². The van der Waals surface area contributed by atoms with E-state index in [0.717, 1.165) is 25.9 Å². The lowest BCUT2D eigenvalue weighted by Gasteiger charge is -2.28. The number of halogens is 1. The highest BCUT2D eigenvalue weighted by atomic mass is 19.1. The average Bonchev–Trinajstić information content (AvgIpc) is 2.50. The van der Waals surface area contributed by atoms with E-state index in [2.05, 4.69) is 17.6 Å². The molecule has 1 unspecified atom stereocenters. The molecule has 0 bridgehead atoms. The fourth-order valence-corrected chi connectivity index (χ4v) is 3.03. The van der Waals surface area contributed by atoms with Gasteiger partial charge in [0.1, 0.15) is 11.6 Å². The summed E-state index contributed by atoms with van der Waals surface area (Å²) < 4.78 is 19.1. The summed E-state index contributed by atoms with van der Waals surface area (Å²) >= 11 is 0. The maximum Gasteiger partial charge on any atom is 0.224 e. The molecule has 2 rings (SSSR count). The van der Waals surface area contributed by atoms with Crippen LogP contribution in [-0.2, 0) is 4.79 Å². The summed E-state index contributed by atoms with van der Waals surface area (Å²) in [6, 6.07) is 4.21. The molecule has 0 aliphatic carbocycles. The number of ether oxygens (including phenoxy) is 1. The fourth-order valence-electron chi connectivity index (χ4n) is 3.03. The van der Waals surface area contributed by atoms with E-state index in [4.69, 9.17) is 4.74 Å². The number of carbonyl (C=O) groups is 1. The summed E-state index contributed by atoms with van der Waals surface area (Å²) in [6.07, 6.45) is 2.62. The second-order valence-electron chi connectivity index (χ2n) is 6.62. The SMILES string of the molecule is CC(C)Oc1ccc(F)cc1NC(=O)CC(C)C1CCNCC1. The highest BCUT2D eigenvalue weighted by Crippen LogP contribution is 2.28. The number of piperidine rings is 1. The minimum absolute atomic E-state index is 0.0372. The van der Waals surface area contributed by atoms with Gasteiger partial charge in [0.2, 0.25) is 5.91 Å². The van der Waals surface area contributed by atoms with Crippen LogP contribution < -0.4 is 15.4 Å². The highest BCUT2D eigenvalue weighted by Gasteiger charge is 2.22. The molecule has 4 nitrogen and oxygen atoms in total. The van der Waals surface area contributed by atoms with Gasteiger partial charge in [-0.25, -0.2) is 4.39 Å². The quantitative estimate of drug-likeness (QED) is 0.842. The number of amides is 1. The minimum atomic E-state index is -0.386. The van der Waals surface area contributed by atoms with Gasteiger partial charge >= 0.3 is 0 Å². The molecule has 1 aromatic rings. The van der Waals surface area contributed by atoms with Crippen molar-refractivity contribution in [3.8, 4) is 5.75 Å². The number of hydrogen-bond acceptors (Lipinski definition) is 3. The first-order valence-corrected chi connectivity index (χ1v) is 8.42. The van der Waals surface area contributed by atoms with Gasteiger partial charge in [-0.2, -0.15) is 0 Å². The molecule has 23 heavy (non-hydrogen) atoms. The molecule has 1 heterocycles. The van der Waals surface area contributed by atoms with Crippen LogP contribution in [0.5, 0.6) is 5.75 Å². The van der Waals surface area contributed by atoms with Gasteiger partial charge in [-0.3, -0.25) is 4.79 Å². The largest absolute Gasteiger partial charge is 0.489 e. The lowest BCUT2D eigenvalue weighted by Crippen LogP contribution is -2.32. The van der Waals surface area contributed by atoms with E-state index in [1.54, 1.807) is 6.07 Å². The van der Waals surface area contributed by atoms with E-state index in [9.17, 15) is 9.18 Å². The third-order valence-corrected chi connectivity index (χ3v) is 4.27. The van der Waals surface area contributed by atoms with E-state index < -0.39 is 0 Å². The first kappa shape index (κ1) is 17.7. The molecule has 0 radical (unpaired) electrons. The molecule has 1 atom stereocenters. The Morgan fingerprint density at radius 3 is 2.70 bits per heavy atom. The van der Waals surface area contributed by atoms with Crippen LogP contribution >= 0.6 is 0 Å². The summed E-state index contributed by atoms with van der Waals surface area (Å²) in [7, 11) is 0. The Morgan fingerprint density at radius 2 is 2.04 bits per heavy atom. The number of benzene rings is 1. The normalized spacial score (nSPS) is 17.1. The molecule has 128 valence electrons. The number of hydrogen-bond donors (Lipinski definition) is 2. The lowest BCUT2D eigenvalue weighted by molar-refractivity contribution is -0.117. The topological polar surface area (TPSA) is 50.4 Å². The van der Waals surface area contributed by atoms with Crippen LogP contribution in [0.3, 0.4) is 0 Å². The minimum Gasteiger partial charge on any atom is -0.489 e. The summed E-state index contributed by atoms with van der Waals surface area (Å²) in [4.78, 5) is 12.3. The molecule has 1 saturated heterocycles. The molecule has 1 amide bonds. The molecule has 0 spiro atoms. The molecular formula is C18H27FN2O2. The van der Waals surface area contributed by atoms with Gasteiger partial charge in [-0.05, 0) is 63.7 Å². The molecule has 1 aliphatic heterocycles. The van der Waals surface area contributed by atoms with Crippen molar-refractivity contribution < 1.29 is 13.9 Å². The molecule has 0 aromatic heterocycles. The Kier molecular flexibility index (Phi) is 6.39. The van der Waals surface area contributed by atoms with E-state index in [1.165, 1.54) is 12.1 Å². The Morgan fingerprint density at radius 1 is 1.35 bits per heavy atom. The van der Waals surface area contributed by atoms with Gasteiger partial charge in [0, 0.05) is 12.5 Å². The summed E-state index contributed by atoms with van der Waals surface area (Å²) in [5.74, 6) is 0.920. The van der Waals surface area contributed by atoms with E-state index in [1.807, 2.05) is 13.8 Å². The Labute approximate surface area is 137 Å². The first-order valence-electron chi connectivity index (χ1n) is 8.42. The average molecular weight is 322 g/mol. The lowest BCUT2D eigenvalue weighted by atomic mass is 9.84. The summed E-state index contributed by atoms with van der Waals surface area (Å²) in [6.45, 7) is 7.95. The fraction of sp³-hybridized carbons (Fsp3) is 0.611. The summed E-state index contributed by atoms with van der Waals surface area (Å²) in [5, 5.41) is 6.14. The van der Waals surface area contributed by atoms with Crippen LogP contribution in [0.4, 0.5) is 10.1 Å². The maximum absolute atomic E-state index is 13.5. The van der Waals surface area contributed by atoms with E-state index >= 15 is 0 Å². The maximum atomic E-state index is 13.5. The molecule has 1 aromatic carbocycles. The molecular weight excluding hydrogens is 295 g/mol. The molecule has 0 saturated carbocycles. The third kappa shape index (κ3) is 5.50.